The summed E-state index contributed by atoms with van der Waals surface area (Å²) in [6.45, 7) is 4.94. The zero-order valence-corrected chi connectivity index (χ0v) is 14.6. The molecule has 0 atom stereocenters. The predicted molar refractivity (Wildman–Crippen MR) is 104 cm³/mol. The second kappa shape index (κ2) is 7.27. The Balaban J connectivity index is 1.61. The highest BCUT2D eigenvalue weighted by Crippen LogP contribution is 2.18. The van der Waals surface area contributed by atoms with Crippen molar-refractivity contribution in [1.82, 2.24) is 9.78 Å². The quantitative estimate of drug-likeness (QED) is 0.695. The largest absolute Gasteiger partial charge is 0.332 e. The Morgan fingerprint density at radius 1 is 1.04 bits per heavy atom. The monoisotopic (exact) mass is 336 g/mol. The van der Waals surface area contributed by atoms with E-state index in [9.17, 15) is 0 Å². The molecule has 5 heteroatoms. The van der Waals surface area contributed by atoms with Gasteiger partial charge in [0.15, 0.2) is 5.11 Å². The van der Waals surface area contributed by atoms with Crippen LogP contribution in [-0.4, -0.2) is 14.9 Å². The van der Waals surface area contributed by atoms with Crippen molar-refractivity contribution in [3.63, 3.8) is 0 Å². The fourth-order valence-electron chi connectivity index (χ4n) is 2.45. The molecule has 0 aliphatic heterocycles. The van der Waals surface area contributed by atoms with Crippen LogP contribution < -0.4 is 10.6 Å². The number of anilines is 2. The molecule has 0 fully saturated rings. The molecule has 2 N–H and O–H groups in total. The number of hydrogen-bond acceptors (Lipinski definition) is 2. The maximum atomic E-state index is 5.41. The van der Waals surface area contributed by atoms with Crippen LogP contribution in [0.2, 0.25) is 0 Å². The minimum Gasteiger partial charge on any atom is -0.332 e. The second-order valence-electron chi connectivity index (χ2n) is 5.73. The fourth-order valence-corrected chi connectivity index (χ4v) is 2.67. The Hall–Kier alpha value is -2.66. The van der Waals surface area contributed by atoms with Crippen molar-refractivity contribution in [2.75, 3.05) is 10.6 Å². The summed E-state index contributed by atoms with van der Waals surface area (Å²) in [7, 11) is 0. The molecule has 0 bridgehead atoms. The Kier molecular flexibility index (Phi) is 4.91. The molecule has 0 unspecified atom stereocenters. The standard InChI is InChI=1S/C19H20N4S/c1-14-5-3-6-18(15(14)2)22-19(24)21-17-9-7-16(8-10-17)13-23-12-4-11-20-23/h3-12H,13H2,1-2H3,(H2,21,22,24). The molecular weight excluding hydrogens is 316 g/mol. The van der Waals surface area contributed by atoms with Gasteiger partial charge in [-0.3, -0.25) is 4.68 Å². The summed E-state index contributed by atoms with van der Waals surface area (Å²) in [5.41, 5.74) is 5.63. The first-order chi connectivity index (χ1) is 11.6. The molecule has 1 heterocycles. The van der Waals surface area contributed by atoms with Crippen LogP contribution in [-0.2, 0) is 6.54 Å². The van der Waals surface area contributed by atoms with Crippen LogP contribution in [0, 0.1) is 13.8 Å². The Morgan fingerprint density at radius 3 is 2.54 bits per heavy atom. The van der Waals surface area contributed by atoms with Gasteiger partial charge in [0.05, 0.1) is 6.54 Å². The third-order valence-corrected chi connectivity index (χ3v) is 4.17. The first-order valence-electron chi connectivity index (χ1n) is 7.82. The number of benzene rings is 2. The highest BCUT2D eigenvalue weighted by molar-refractivity contribution is 7.80. The van der Waals surface area contributed by atoms with Crippen LogP contribution in [0.4, 0.5) is 11.4 Å². The highest BCUT2D eigenvalue weighted by atomic mass is 32.1. The topological polar surface area (TPSA) is 41.9 Å². The van der Waals surface area contributed by atoms with Crippen LogP contribution in [0.5, 0.6) is 0 Å². The van der Waals surface area contributed by atoms with E-state index in [1.807, 2.05) is 41.2 Å². The lowest BCUT2D eigenvalue weighted by Gasteiger charge is -2.14. The molecule has 3 aromatic rings. The van der Waals surface area contributed by atoms with Crippen LogP contribution >= 0.6 is 12.2 Å². The smallest absolute Gasteiger partial charge is 0.175 e. The summed E-state index contributed by atoms with van der Waals surface area (Å²) in [4.78, 5) is 0. The zero-order chi connectivity index (χ0) is 16.9. The lowest BCUT2D eigenvalue weighted by atomic mass is 10.1. The molecule has 1 aromatic heterocycles. The molecule has 24 heavy (non-hydrogen) atoms. The number of aryl methyl sites for hydroxylation is 1. The van der Waals surface area contributed by atoms with Crippen molar-refractivity contribution in [3.8, 4) is 0 Å². The van der Waals surface area contributed by atoms with Gasteiger partial charge in [0.2, 0.25) is 0 Å². The number of nitrogens with zero attached hydrogens (tertiary/aromatic N) is 2. The Labute approximate surface area is 147 Å². The second-order valence-corrected chi connectivity index (χ2v) is 6.14. The average molecular weight is 336 g/mol. The summed E-state index contributed by atoms with van der Waals surface area (Å²) < 4.78 is 1.90. The highest BCUT2D eigenvalue weighted by Gasteiger charge is 2.04. The van der Waals surface area contributed by atoms with Crippen molar-refractivity contribution in [2.24, 2.45) is 0 Å². The van der Waals surface area contributed by atoms with Gasteiger partial charge in [-0.05, 0) is 67.0 Å². The van der Waals surface area contributed by atoms with E-state index in [1.165, 1.54) is 16.7 Å². The normalized spacial score (nSPS) is 10.4. The lowest BCUT2D eigenvalue weighted by molar-refractivity contribution is 0.687. The van der Waals surface area contributed by atoms with Gasteiger partial charge in [0, 0.05) is 23.8 Å². The van der Waals surface area contributed by atoms with E-state index in [4.69, 9.17) is 12.2 Å². The average Bonchev–Trinajstić information content (AvgIpc) is 3.07. The van der Waals surface area contributed by atoms with Gasteiger partial charge in [0.25, 0.3) is 0 Å². The van der Waals surface area contributed by atoms with Gasteiger partial charge >= 0.3 is 0 Å². The van der Waals surface area contributed by atoms with E-state index in [0.717, 1.165) is 17.9 Å². The summed E-state index contributed by atoms with van der Waals surface area (Å²) in [6, 6.07) is 16.3. The first-order valence-corrected chi connectivity index (χ1v) is 8.23. The third kappa shape index (κ3) is 4.00. The lowest BCUT2D eigenvalue weighted by Crippen LogP contribution is -2.19. The molecule has 0 saturated heterocycles. The van der Waals surface area contributed by atoms with Gasteiger partial charge in [-0.2, -0.15) is 5.10 Å². The minimum absolute atomic E-state index is 0.587. The molecule has 122 valence electrons. The fraction of sp³-hybridized carbons (Fsp3) is 0.158. The number of nitrogens with one attached hydrogen (secondary N) is 2. The van der Waals surface area contributed by atoms with E-state index < -0.39 is 0 Å². The van der Waals surface area contributed by atoms with Gasteiger partial charge in [0.1, 0.15) is 0 Å². The van der Waals surface area contributed by atoms with E-state index in [1.54, 1.807) is 6.20 Å². The Morgan fingerprint density at radius 2 is 1.83 bits per heavy atom. The maximum Gasteiger partial charge on any atom is 0.175 e. The number of hydrogen-bond donors (Lipinski definition) is 2. The van der Waals surface area contributed by atoms with E-state index in [-0.39, 0.29) is 0 Å². The molecule has 3 rings (SSSR count). The molecule has 2 aromatic carbocycles. The van der Waals surface area contributed by atoms with Gasteiger partial charge < -0.3 is 10.6 Å². The molecule has 0 spiro atoms. The van der Waals surface area contributed by atoms with Gasteiger partial charge in [-0.25, -0.2) is 0 Å². The van der Waals surface area contributed by atoms with Crippen molar-refractivity contribution >= 4 is 28.7 Å². The molecule has 0 amide bonds. The first kappa shape index (κ1) is 16.2. The molecule has 4 nitrogen and oxygen atoms in total. The molecule has 0 radical (unpaired) electrons. The third-order valence-electron chi connectivity index (χ3n) is 3.97. The summed E-state index contributed by atoms with van der Waals surface area (Å²) in [5, 5.41) is 11.3. The number of thiocarbonyl (C=S) groups is 1. The van der Waals surface area contributed by atoms with Crippen molar-refractivity contribution in [2.45, 2.75) is 20.4 Å². The van der Waals surface area contributed by atoms with E-state index in [0.29, 0.717) is 5.11 Å². The predicted octanol–water partition coefficient (Wildman–Crippen LogP) is 4.36. The van der Waals surface area contributed by atoms with Crippen molar-refractivity contribution in [1.29, 1.82) is 0 Å². The summed E-state index contributed by atoms with van der Waals surface area (Å²) in [5.74, 6) is 0. The Bertz CT molecular complexity index is 823. The van der Waals surface area contributed by atoms with Gasteiger partial charge in [-0.15, -0.1) is 0 Å². The summed E-state index contributed by atoms with van der Waals surface area (Å²) in [6.07, 6.45) is 3.74. The van der Waals surface area contributed by atoms with Gasteiger partial charge in [-0.1, -0.05) is 24.3 Å². The van der Waals surface area contributed by atoms with Crippen molar-refractivity contribution in [3.05, 3.63) is 77.6 Å². The van der Waals surface area contributed by atoms with E-state index in [2.05, 4.69) is 47.8 Å². The number of rotatable bonds is 4. The molecular formula is C19H20N4S. The minimum atomic E-state index is 0.587. The maximum absolute atomic E-state index is 5.41. The van der Waals surface area contributed by atoms with Crippen LogP contribution in [0.3, 0.4) is 0 Å². The van der Waals surface area contributed by atoms with Crippen LogP contribution in [0.1, 0.15) is 16.7 Å². The van der Waals surface area contributed by atoms with E-state index >= 15 is 0 Å². The molecule has 0 aliphatic rings. The zero-order valence-electron chi connectivity index (χ0n) is 13.8. The SMILES string of the molecule is Cc1cccc(NC(=S)Nc2ccc(Cn3cccn3)cc2)c1C. The van der Waals surface area contributed by atoms with Crippen LogP contribution in [0.25, 0.3) is 0 Å². The summed E-state index contributed by atoms with van der Waals surface area (Å²) >= 11 is 5.41. The molecule has 0 saturated carbocycles. The van der Waals surface area contributed by atoms with Crippen molar-refractivity contribution < 1.29 is 0 Å². The van der Waals surface area contributed by atoms with Crippen LogP contribution in [0.15, 0.2) is 60.9 Å². The molecule has 0 aliphatic carbocycles. The number of aromatic nitrogens is 2.